The summed E-state index contributed by atoms with van der Waals surface area (Å²) in [5.74, 6) is -1.05. The van der Waals surface area contributed by atoms with E-state index < -0.39 is 11.5 Å². The molecule has 0 spiro atoms. The van der Waals surface area contributed by atoms with Crippen molar-refractivity contribution in [3.8, 4) is 0 Å². The van der Waals surface area contributed by atoms with Gasteiger partial charge in [0.25, 0.3) is 0 Å². The fourth-order valence-corrected chi connectivity index (χ4v) is 2.89. The maximum Gasteiger partial charge on any atom is 0.329 e. The van der Waals surface area contributed by atoms with Gasteiger partial charge < -0.3 is 14.7 Å². The molecule has 0 aromatic carbocycles. The molecule has 2 unspecified atom stereocenters. The summed E-state index contributed by atoms with van der Waals surface area (Å²) in [7, 11) is 0. The highest BCUT2D eigenvalue weighted by molar-refractivity contribution is 5.89. The summed E-state index contributed by atoms with van der Waals surface area (Å²) < 4.78 is 5.21. The van der Waals surface area contributed by atoms with Gasteiger partial charge in [-0.25, -0.2) is 4.79 Å². The number of carbonyl (C=O) groups excluding carboxylic acids is 1. The number of ether oxygens (including phenoxy) is 1. The summed E-state index contributed by atoms with van der Waals surface area (Å²) in [6.45, 7) is 3.45. The molecule has 0 radical (unpaired) electrons. The van der Waals surface area contributed by atoms with E-state index in [2.05, 4.69) is 0 Å². The molecule has 2 heterocycles. The first kappa shape index (κ1) is 12.4. The first-order valence-electron chi connectivity index (χ1n) is 6.24. The van der Waals surface area contributed by atoms with Gasteiger partial charge in [0.15, 0.2) is 0 Å². The summed E-state index contributed by atoms with van der Waals surface area (Å²) in [6.07, 6.45) is 2.54. The highest BCUT2D eigenvalue weighted by atomic mass is 16.5. The van der Waals surface area contributed by atoms with Crippen LogP contribution in [0.2, 0.25) is 0 Å². The predicted octanol–water partition coefficient (Wildman–Crippen LogP) is 0.879. The van der Waals surface area contributed by atoms with Gasteiger partial charge >= 0.3 is 5.97 Å². The number of hydrogen-bond acceptors (Lipinski definition) is 3. The average Bonchev–Trinajstić information content (AvgIpc) is 2.97. The van der Waals surface area contributed by atoms with Crippen LogP contribution in [0.15, 0.2) is 0 Å². The van der Waals surface area contributed by atoms with Crippen molar-refractivity contribution in [2.75, 3.05) is 19.8 Å². The van der Waals surface area contributed by atoms with Gasteiger partial charge in [-0.15, -0.1) is 0 Å². The van der Waals surface area contributed by atoms with Crippen LogP contribution in [-0.2, 0) is 14.3 Å². The van der Waals surface area contributed by atoms with E-state index in [1.165, 1.54) is 0 Å². The number of carbonyl (C=O) groups is 2. The number of carboxylic acids is 1. The van der Waals surface area contributed by atoms with Gasteiger partial charge in [-0.05, 0) is 25.7 Å². The zero-order valence-corrected chi connectivity index (χ0v) is 10.1. The molecule has 0 aliphatic carbocycles. The van der Waals surface area contributed by atoms with Crippen molar-refractivity contribution < 1.29 is 19.4 Å². The molecule has 0 aromatic heterocycles. The highest BCUT2D eigenvalue weighted by Gasteiger charge is 2.49. The fourth-order valence-electron chi connectivity index (χ4n) is 2.89. The van der Waals surface area contributed by atoms with Crippen LogP contribution in [0.3, 0.4) is 0 Å². The van der Waals surface area contributed by atoms with Gasteiger partial charge in [0.05, 0.1) is 12.5 Å². The molecule has 1 N–H and O–H groups in total. The maximum atomic E-state index is 12.3. The molecule has 0 aromatic rings. The van der Waals surface area contributed by atoms with Gasteiger partial charge in [-0.2, -0.15) is 0 Å². The Morgan fingerprint density at radius 2 is 2.29 bits per heavy atom. The van der Waals surface area contributed by atoms with Crippen LogP contribution >= 0.6 is 0 Å². The van der Waals surface area contributed by atoms with Crippen molar-refractivity contribution in [2.45, 2.75) is 38.1 Å². The summed E-state index contributed by atoms with van der Waals surface area (Å²) >= 11 is 0. The van der Waals surface area contributed by atoms with Gasteiger partial charge in [-0.3, -0.25) is 4.79 Å². The number of nitrogens with zero attached hydrogens (tertiary/aromatic N) is 1. The summed E-state index contributed by atoms with van der Waals surface area (Å²) in [6, 6.07) is 0. The summed E-state index contributed by atoms with van der Waals surface area (Å²) in [4.78, 5) is 25.3. The smallest absolute Gasteiger partial charge is 0.329 e. The number of aliphatic carboxylic acids is 1. The molecule has 2 aliphatic rings. The Bertz CT molecular complexity index is 324. The highest BCUT2D eigenvalue weighted by Crippen LogP contribution is 2.34. The Morgan fingerprint density at radius 3 is 2.82 bits per heavy atom. The van der Waals surface area contributed by atoms with Crippen LogP contribution in [-0.4, -0.2) is 47.2 Å². The topological polar surface area (TPSA) is 66.8 Å². The third-order valence-corrected chi connectivity index (χ3v) is 4.02. The third kappa shape index (κ3) is 1.92. The molecule has 2 fully saturated rings. The van der Waals surface area contributed by atoms with Gasteiger partial charge in [-0.1, -0.05) is 6.92 Å². The predicted molar refractivity (Wildman–Crippen MR) is 60.5 cm³/mol. The van der Waals surface area contributed by atoms with Crippen LogP contribution in [0, 0.1) is 5.92 Å². The van der Waals surface area contributed by atoms with Crippen LogP contribution in [0.25, 0.3) is 0 Å². The normalized spacial score (nSPS) is 33.0. The number of carboxylic acid groups (broad SMARTS) is 1. The molecule has 2 rings (SSSR count). The fraction of sp³-hybridized carbons (Fsp3) is 0.833. The average molecular weight is 241 g/mol. The molecule has 1 amide bonds. The van der Waals surface area contributed by atoms with E-state index in [1.807, 2.05) is 6.92 Å². The van der Waals surface area contributed by atoms with Crippen molar-refractivity contribution in [1.29, 1.82) is 0 Å². The lowest BCUT2D eigenvalue weighted by Gasteiger charge is -2.35. The van der Waals surface area contributed by atoms with Crippen molar-refractivity contribution in [3.63, 3.8) is 0 Å². The molecular formula is C12H19NO4. The lowest BCUT2D eigenvalue weighted by Crippen LogP contribution is -2.54. The first-order valence-corrected chi connectivity index (χ1v) is 6.24. The Balaban J connectivity index is 2.18. The molecule has 96 valence electrons. The minimum Gasteiger partial charge on any atom is -0.479 e. The van der Waals surface area contributed by atoms with Gasteiger partial charge in [0.2, 0.25) is 5.91 Å². The molecule has 2 atom stereocenters. The van der Waals surface area contributed by atoms with Crippen molar-refractivity contribution in [2.24, 2.45) is 5.92 Å². The van der Waals surface area contributed by atoms with Crippen LogP contribution in [0.4, 0.5) is 0 Å². The largest absolute Gasteiger partial charge is 0.479 e. The minimum atomic E-state index is -0.973. The first-order chi connectivity index (χ1) is 8.12. The Hall–Kier alpha value is -1.10. The Labute approximate surface area is 101 Å². The number of amides is 1. The SMILES string of the molecule is CCC1(C(=O)O)CCCN1C(=O)C1CCOC1. The lowest BCUT2D eigenvalue weighted by molar-refractivity contribution is -0.158. The Kier molecular flexibility index (Phi) is 3.38. The van der Waals surface area contributed by atoms with Gasteiger partial charge in [0.1, 0.15) is 5.54 Å². The number of rotatable bonds is 3. The van der Waals surface area contributed by atoms with E-state index in [0.717, 1.165) is 12.8 Å². The second-order valence-electron chi connectivity index (χ2n) is 4.84. The molecule has 2 aliphatic heterocycles. The summed E-state index contributed by atoms with van der Waals surface area (Å²) in [5.41, 5.74) is -0.973. The summed E-state index contributed by atoms with van der Waals surface area (Å²) in [5, 5.41) is 9.40. The van der Waals surface area contributed by atoms with E-state index in [4.69, 9.17) is 4.74 Å². The van der Waals surface area contributed by atoms with E-state index in [0.29, 0.717) is 32.6 Å². The molecule has 0 bridgehead atoms. The molecule has 2 saturated heterocycles. The molecule has 5 nitrogen and oxygen atoms in total. The van der Waals surface area contributed by atoms with Crippen LogP contribution in [0.1, 0.15) is 32.6 Å². The molecular weight excluding hydrogens is 222 g/mol. The van der Waals surface area contributed by atoms with Crippen LogP contribution < -0.4 is 0 Å². The second-order valence-corrected chi connectivity index (χ2v) is 4.84. The van der Waals surface area contributed by atoms with Crippen molar-refractivity contribution in [1.82, 2.24) is 4.90 Å². The van der Waals surface area contributed by atoms with Crippen molar-refractivity contribution in [3.05, 3.63) is 0 Å². The zero-order chi connectivity index (χ0) is 12.5. The zero-order valence-electron chi connectivity index (χ0n) is 10.1. The minimum absolute atomic E-state index is 0.0377. The van der Waals surface area contributed by atoms with E-state index in [9.17, 15) is 14.7 Å². The number of likely N-dealkylation sites (tertiary alicyclic amines) is 1. The monoisotopic (exact) mass is 241 g/mol. The maximum absolute atomic E-state index is 12.3. The van der Waals surface area contributed by atoms with Crippen LogP contribution in [0.5, 0.6) is 0 Å². The van der Waals surface area contributed by atoms with Crippen molar-refractivity contribution >= 4 is 11.9 Å². The third-order valence-electron chi connectivity index (χ3n) is 4.02. The van der Waals surface area contributed by atoms with E-state index >= 15 is 0 Å². The quantitative estimate of drug-likeness (QED) is 0.796. The second kappa shape index (κ2) is 4.64. The van der Waals surface area contributed by atoms with Gasteiger partial charge in [0, 0.05) is 13.2 Å². The van der Waals surface area contributed by atoms with E-state index in [1.54, 1.807) is 4.90 Å². The molecule has 5 heteroatoms. The Morgan fingerprint density at radius 1 is 1.53 bits per heavy atom. The van der Waals surface area contributed by atoms with E-state index in [-0.39, 0.29) is 11.8 Å². The molecule has 0 saturated carbocycles. The lowest BCUT2D eigenvalue weighted by atomic mass is 9.91. The number of hydrogen-bond donors (Lipinski definition) is 1. The standard InChI is InChI=1S/C12H19NO4/c1-2-12(11(15)16)5-3-6-13(12)10(14)9-4-7-17-8-9/h9H,2-8H2,1H3,(H,15,16). The molecule has 17 heavy (non-hydrogen) atoms.